The van der Waals surface area contributed by atoms with Crippen molar-refractivity contribution < 1.29 is 9.53 Å². The Kier molecular flexibility index (Phi) is 5.26. The molecule has 1 aromatic carbocycles. The van der Waals surface area contributed by atoms with E-state index in [1.165, 1.54) is 6.07 Å². The summed E-state index contributed by atoms with van der Waals surface area (Å²) in [6.45, 7) is 0.661. The fourth-order valence-electron chi connectivity index (χ4n) is 1.92. The highest BCUT2D eigenvalue weighted by Gasteiger charge is 2.10. The molecule has 0 saturated carbocycles. The van der Waals surface area contributed by atoms with Crippen molar-refractivity contribution >= 4 is 5.91 Å². The van der Waals surface area contributed by atoms with Crippen molar-refractivity contribution in [2.24, 2.45) is 5.73 Å². The minimum absolute atomic E-state index is 0.0840. The Morgan fingerprint density at radius 2 is 2.09 bits per heavy atom. The van der Waals surface area contributed by atoms with E-state index in [1.54, 1.807) is 7.11 Å². The number of hydrogen-bond donors (Lipinski definition) is 3. The summed E-state index contributed by atoms with van der Waals surface area (Å²) in [6, 6.07) is 8.57. The SMILES string of the molecule is COc1ccc(Cc2nc(C(=O)NCCN)cc(=O)[nH]2)cc1. The average molecular weight is 302 g/mol. The Morgan fingerprint density at radius 3 is 2.73 bits per heavy atom. The number of nitrogens with one attached hydrogen (secondary N) is 2. The molecule has 2 rings (SSSR count). The molecule has 0 unspecified atom stereocenters. The van der Waals surface area contributed by atoms with Crippen LogP contribution >= 0.6 is 0 Å². The van der Waals surface area contributed by atoms with Gasteiger partial charge in [0.05, 0.1) is 7.11 Å². The molecule has 116 valence electrons. The molecule has 1 aromatic heterocycles. The van der Waals surface area contributed by atoms with Crippen molar-refractivity contribution in [1.82, 2.24) is 15.3 Å². The average Bonchev–Trinajstić information content (AvgIpc) is 2.52. The molecule has 7 heteroatoms. The van der Waals surface area contributed by atoms with Gasteiger partial charge in [-0.15, -0.1) is 0 Å². The lowest BCUT2D eigenvalue weighted by Crippen LogP contribution is -2.31. The van der Waals surface area contributed by atoms with Crippen molar-refractivity contribution in [2.75, 3.05) is 20.2 Å². The van der Waals surface area contributed by atoms with Crippen LogP contribution in [0.4, 0.5) is 0 Å². The lowest BCUT2D eigenvalue weighted by atomic mass is 10.1. The second kappa shape index (κ2) is 7.37. The molecular formula is C15H18N4O3. The first-order valence-electron chi connectivity index (χ1n) is 6.84. The number of carbonyl (C=O) groups is 1. The number of ether oxygens (including phenoxy) is 1. The molecule has 0 radical (unpaired) electrons. The van der Waals surface area contributed by atoms with E-state index in [9.17, 15) is 9.59 Å². The van der Waals surface area contributed by atoms with Crippen LogP contribution in [0.15, 0.2) is 35.1 Å². The van der Waals surface area contributed by atoms with Crippen LogP contribution in [0.2, 0.25) is 0 Å². The predicted octanol–water partition coefficient (Wildman–Crippen LogP) is 0.0578. The van der Waals surface area contributed by atoms with E-state index in [-0.39, 0.29) is 11.3 Å². The molecule has 0 aliphatic rings. The van der Waals surface area contributed by atoms with Crippen LogP contribution < -0.4 is 21.3 Å². The predicted molar refractivity (Wildman–Crippen MR) is 82.0 cm³/mol. The fourth-order valence-corrected chi connectivity index (χ4v) is 1.92. The summed E-state index contributed by atoms with van der Waals surface area (Å²) in [5.74, 6) is 0.767. The van der Waals surface area contributed by atoms with Crippen LogP contribution in [-0.2, 0) is 6.42 Å². The largest absolute Gasteiger partial charge is 0.497 e. The number of nitrogens with two attached hydrogens (primary N) is 1. The zero-order chi connectivity index (χ0) is 15.9. The lowest BCUT2D eigenvalue weighted by Gasteiger charge is -2.06. The van der Waals surface area contributed by atoms with E-state index in [4.69, 9.17) is 10.5 Å². The number of hydrogen-bond acceptors (Lipinski definition) is 5. The fraction of sp³-hybridized carbons (Fsp3) is 0.267. The molecule has 0 aliphatic heterocycles. The van der Waals surface area contributed by atoms with Gasteiger partial charge in [0.15, 0.2) is 0 Å². The standard InChI is InChI=1S/C15H18N4O3/c1-22-11-4-2-10(3-5-11)8-13-18-12(9-14(20)19-13)15(21)17-7-6-16/h2-5,9H,6-8,16H2,1H3,(H,17,21)(H,18,19,20). The van der Waals surface area contributed by atoms with Gasteiger partial charge in [-0.05, 0) is 17.7 Å². The third-order valence-electron chi connectivity index (χ3n) is 2.98. The topological polar surface area (TPSA) is 110 Å². The van der Waals surface area contributed by atoms with Crippen molar-refractivity contribution in [3.8, 4) is 5.75 Å². The van der Waals surface area contributed by atoms with Crippen LogP contribution in [0.25, 0.3) is 0 Å². The summed E-state index contributed by atoms with van der Waals surface area (Å²) in [7, 11) is 1.59. The van der Waals surface area contributed by atoms with Crippen molar-refractivity contribution in [2.45, 2.75) is 6.42 Å². The number of H-pyrrole nitrogens is 1. The lowest BCUT2D eigenvalue weighted by molar-refractivity contribution is 0.0949. The van der Waals surface area contributed by atoms with Gasteiger partial charge in [-0.1, -0.05) is 12.1 Å². The highest BCUT2D eigenvalue weighted by Crippen LogP contribution is 2.13. The Labute approximate surface area is 127 Å². The quantitative estimate of drug-likeness (QED) is 0.699. The van der Waals surface area contributed by atoms with Gasteiger partial charge in [0.25, 0.3) is 11.5 Å². The number of benzene rings is 1. The maximum absolute atomic E-state index is 11.8. The second-order valence-electron chi connectivity index (χ2n) is 4.65. The summed E-state index contributed by atoms with van der Waals surface area (Å²) in [4.78, 5) is 30.3. The third-order valence-corrected chi connectivity index (χ3v) is 2.98. The molecule has 4 N–H and O–H groups in total. The maximum atomic E-state index is 11.8. The normalized spacial score (nSPS) is 10.3. The van der Waals surface area contributed by atoms with Crippen LogP contribution in [-0.4, -0.2) is 36.1 Å². The summed E-state index contributed by atoms with van der Waals surface area (Å²) < 4.78 is 5.09. The molecule has 2 aromatic rings. The number of carbonyl (C=O) groups excluding carboxylic acids is 1. The van der Waals surface area contributed by atoms with Gasteiger partial charge in [0.1, 0.15) is 17.3 Å². The molecule has 0 atom stereocenters. The van der Waals surface area contributed by atoms with Gasteiger partial charge in [0.2, 0.25) is 0 Å². The van der Waals surface area contributed by atoms with E-state index in [0.717, 1.165) is 11.3 Å². The van der Waals surface area contributed by atoms with E-state index in [2.05, 4.69) is 15.3 Å². The number of methoxy groups -OCH3 is 1. The number of aromatic nitrogens is 2. The number of amides is 1. The molecule has 1 heterocycles. The monoisotopic (exact) mass is 302 g/mol. The summed E-state index contributed by atoms with van der Waals surface area (Å²) in [5, 5.41) is 2.59. The number of nitrogens with zero attached hydrogens (tertiary/aromatic N) is 1. The molecule has 0 fully saturated rings. The van der Waals surface area contributed by atoms with Crippen LogP contribution in [0.3, 0.4) is 0 Å². The molecule has 0 spiro atoms. The molecule has 0 aliphatic carbocycles. The number of aromatic amines is 1. The minimum Gasteiger partial charge on any atom is -0.497 e. The Morgan fingerprint density at radius 1 is 1.36 bits per heavy atom. The first-order valence-corrected chi connectivity index (χ1v) is 6.84. The molecule has 1 amide bonds. The van der Waals surface area contributed by atoms with Gasteiger partial charge in [-0.3, -0.25) is 9.59 Å². The maximum Gasteiger partial charge on any atom is 0.270 e. The van der Waals surface area contributed by atoms with Crippen molar-refractivity contribution in [3.05, 3.63) is 57.8 Å². The van der Waals surface area contributed by atoms with Gasteiger partial charge in [-0.2, -0.15) is 0 Å². The Bertz CT molecular complexity index is 695. The summed E-state index contributed by atoms with van der Waals surface area (Å²) >= 11 is 0. The Hall–Kier alpha value is -2.67. The van der Waals surface area contributed by atoms with Gasteiger partial charge in [0, 0.05) is 25.6 Å². The second-order valence-corrected chi connectivity index (χ2v) is 4.65. The highest BCUT2D eigenvalue weighted by molar-refractivity contribution is 5.92. The van der Waals surface area contributed by atoms with E-state index in [1.807, 2.05) is 24.3 Å². The molecule has 22 heavy (non-hydrogen) atoms. The zero-order valence-corrected chi connectivity index (χ0v) is 12.3. The van der Waals surface area contributed by atoms with E-state index in [0.29, 0.717) is 25.3 Å². The number of rotatable bonds is 6. The first kappa shape index (κ1) is 15.7. The van der Waals surface area contributed by atoms with Gasteiger partial charge < -0.3 is 20.8 Å². The molecule has 7 nitrogen and oxygen atoms in total. The summed E-state index contributed by atoms with van der Waals surface area (Å²) in [6.07, 6.45) is 0.414. The van der Waals surface area contributed by atoms with Crippen molar-refractivity contribution in [1.29, 1.82) is 0 Å². The summed E-state index contributed by atoms with van der Waals surface area (Å²) in [5.41, 5.74) is 5.99. The van der Waals surface area contributed by atoms with Crippen LogP contribution in [0.5, 0.6) is 5.75 Å². The van der Waals surface area contributed by atoms with Gasteiger partial charge in [-0.25, -0.2) is 4.98 Å². The smallest absolute Gasteiger partial charge is 0.270 e. The highest BCUT2D eigenvalue weighted by atomic mass is 16.5. The zero-order valence-electron chi connectivity index (χ0n) is 12.3. The van der Waals surface area contributed by atoms with E-state index >= 15 is 0 Å². The minimum atomic E-state index is -0.410. The third kappa shape index (κ3) is 4.16. The Balaban J connectivity index is 2.18. The van der Waals surface area contributed by atoms with Crippen LogP contribution in [0.1, 0.15) is 21.9 Å². The molecular weight excluding hydrogens is 284 g/mol. The van der Waals surface area contributed by atoms with E-state index < -0.39 is 5.91 Å². The van der Waals surface area contributed by atoms with Crippen LogP contribution in [0, 0.1) is 0 Å². The first-order chi connectivity index (χ1) is 10.6. The van der Waals surface area contributed by atoms with Crippen molar-refractivity contribution in [3.63, 3.8) is 0 Å². The van der Waals surface area contributed by atoms with Gasteiger partial charge >= 0.3 is 0 Å². The molecule has 0 bridgehead atoms. The molecule has 0 saturated heterocycles.